The zero-order valence-corrected chi connectivity index (χ0v) is 23.6. The Bertz CT molecular complexity index is 1330. The molecule has 1 saturated carbocycles. The van der Waals surface area contributed by atoms with E-state index >= 15 is 0 Å². The third kappa shape index (κ3) is 8.20. The molecule has 15 heteroatoms. The van der Waals surface area contributed by atoms with E-state index in [4.69, 9.17) is 11.5 Å². The number of rotatable bonds is 7. The number of hydrogen-bond donors (Lipinski definition) is 4. The summed E-state index contributed by atoms with van der Waals surface area (Å²) in [5.41, 5.74) is 10.4. The number of benzene rings is 1. The van der Waals surface area contributed by atoms with Crippen molar-refractivity contribution in [1.29, 1.82) is 0 Å². The van der Waals surface area contributed by atoms with Gasteiger partial charge in [-0.2, -0.15) is 4.98 Å². The molecule has 12 nitrogen and oxygen atoms in total. The van der Waals surface area contributed by atoms with Crippen molar-refractivity contribution in [3.8, 4) is 11.4 Å². The number of amides is 3. The van der Waals surface area contributed by atoms with Gasteiger partial charge in [0.25, 0.3) is 0 Å². The number of nitrogens with two attached hydrogens (primary N) is 2. The Kier molecular flexibility index (Phi) is 9.43. The van der Waals surface area contributed by atoms with Crippen LogP contribution >= 0.6 is 0 Å². The second-order valence-corrected chi connectivity index (χ2v) is 11.2. The van der Waals surface area contributed by atoms with Crippen molar-refractivity contribution in [2.75, 3.05) is 31.5 Å². The first-order valence-corrected chi connectivity index (χ1v) is 13.8. The highest BCUT2D eigenvalue weighted by molar-refractivity contribution is 5.89. The molecule has 42 heavy (non-hydrogen) atoms. The van der Waals surface area contributed by atoms with Crippen LogP contribution in [0.2, 0.25) is 0 Å². The quantitative estimate of drug-likeness (QED) is 0.378. The highest BCUT2D eigenvalue weighted by Crippen LogP contribution is 2.29. The lowest BCUT2D eigenvalue weighted by molar-refractivity contribution is -0.274. The van der Waals surface area contributed by atoms with Gasteiger partial charge in [-0.25, -0.2) is 9.59 Å². The van der Waals surface area contributed by atoms with Crippen molar-refractivity contribution < 1.29 is 27.5 Å². The van der Waals surface area contributed by atoms with Crippen molar-refractivity contribution in [2.45, 2.75) is 70.1 Å². The van der Waals surface area contributed by atoms with Gasteiger partial charge in [-0.3, -0.25) is 14.7 Å². The zero-order chi connectivity index (χ0) is 30.7. The summed E-state index contributed by atoms with van der Waals surface area (Å²) in [4.78, 5) is 44.8. The molecule has 1 saturated heterocycles. The summed E-state index contributed by atoms with van der Waals surface area (Å²) in [6.07, 6.45) is -0.260. The number of piperazine rings is 1. The highest BCUT2D eigenvalue weighted by Gasteiger charge is 2.33. The van der Waals surface area contributed by atoms with E-state index in [2.05, 4.69) is 20.4 Å². The van der Waals surface area contributed by atoms with Gasteiger partial charge >= 0.3 is 18.1 Å². The van der Waals surface area contributed by atoms with Crippen molar-refractivity contribution in [3.05, 3.63) is 46.5 Å². The van der Waals surface area contributed by atoms with Crippen molar-refractivity contribution in [2.24, 2.45) is 11.5 Å². The molecule has 0 bridgehead atoms. The predicted molar refractivity (Wildman–Crippen MR) is 149 cm³/mol. The molecule has 3 amide bonds. The van der Waals surface area contributed by atoms with Crippen molar-refractivity contribution in [1.82, 2.24) is 24.7 Å². The maximum absolute atomic E-state index is 13.2. The Balaban J connectivity index is 1.42. The first kappa shape index (κ1) is 31.3. The van der Waals surface area contributed by atoms with Gasteiger partial charge in [0.15, 0.2) is 0 Å². The third-order valence-electron chi connectivity index (χ3n) is 7.35. The number of carbonyl (C=O) groups is 2. The second kappa shape index (κ2) is 12.7. The van der Waals surface area contributed by atoms with Gasteiger partial charge in [-0.15, -0.1) is 13.2 Å². The maximum atomic E-state index is 13.2. The van der Waals surface area contributed by atoms with Gasteiger partial charge < -0.3 is 31.3 Å². The molecule has 4 rings (SSSR count). The van der Waals surface area contributed by atoms with E-state index in [9.17, 15) is 27.6 Å². The van der Waals surface area contributed by atoms with Gasteiger partial charge in [-0.05, 0) is 51.7 Å². The summed E-state index contributed by atoms with van der Waals surface area (Å²) >= 11 is 0. The number of anilines is 1. The molecule has 2 aromatic rings. The number of halogens is 3. The van der Waals surface area contributed by atoms with Crippen LogP contribution in [-0.2, 0) is 11.3 Å². The summed E-state index contributed by atoms with van der Waals surface area (Å²) in [6, 6.07) is 5.25. The SMILES string of the molecule is CC(C)(N)C(=O)N1CCN(C(=O)Nc2ccn(-c3ccc(CN[C@H]4CC[C@H](N)CC4)c(OC(F)(F)F)c3)c(=O)n2)CC1. The van der Waals surface area contributed by atoms with E-state index in [-0.39, 0.29) is 54.7 Å². The van der Waals surface area contributed by atoms with Gasteiger partial charge in [0.05, 0.1) is 11.2 Å². The van der Waals surface area contributed by atoms with E-state index in [1.165, 1.54) is 29.3 Å². The van der Waals surface area contributed by atoms with E-state index in [1.54, 1.807) is 18.7 Å². The summed E-state index contributed by atoms with van der Waals surface area (Å²) in [6.45, 7) is 4.54. The van der Waals surface area contributed by atoms with E-state index < -0.39 is 29.4 Å². The lowest BCUT2D eigenvalue weighted by Gasteiger charge is -2.37. The Labute approximate surface area is 241 Å². The van der Waals surface area contributed by atoms with Crippen LogP contribution in [0.5, 0.6) is 5.75 Å². The summed E-state index contributed by atoms with van der Waals surface area (Å²) < 4.78 is 45.0. The lowest BCUT2D eigenvalue weighted by atomic mass is 9.92. The van der Waals surface area contributed by atoms with Crippen LogP contribution in [0.3, 0.4) is 0 Å². The second-order valence-electron chi connectivity index (χ2n) is 11.2. The van der Waals surface area contributed by atoms with Gasteiger partial charge in [0, 0.05) is 62.6 Å². The molecule has 0 spiro atoms. The van der Waals surface area contributed by atoms with Crippen LogP contribution in [0.4, 0.5) is 23.8 Å². The average Bonchev–Trinajstić information content (AvgIpc) is 2.91. The Morgan fingerprint density at radius 2 is 1.69 bits per heavy atom. The largest absolute Gasteiger partial charge is 0.573 e. The molecule has 6 N–H and O–H groups in total. The maximum Gasteiger partial charge on any atom is 0.573 e. The van der Waals surface area contributed by atoms with Crippen LogP contribution in [-0.4, -0.2) is 81.5 Å². The highest BCUT2D eigenvalue weighted by atomic mass is 19.4. The zero-order valence-electron chi connectivity index (χ0n) is 23.6. The first-order chi connectivity index (χ1) is 19.7. The minimum atomic E-state index is -4.93. The summed E-state index contributed by atoms with van der Waals surface area (Å²) in [5.74, 6) is -0.669. The number of nitrogens with one attached hydrogen (secondary N) is 2. The van der Waals surface area contributed by atoms with Crippen LogP contribution in [0.15, 0.2) is 35.3 Å². The Morgan fingerprint density at radius 3 is 2.29 bits per heavy atom. The van der Waals surface area contributed by atoms with Crippen LogP contribution < -0.4 is 32.5 Å². The molecule has 1 aromatic heterocycles. The minimum Gasteiger partial charge on any atom is -0.405 e. The van der Waals surface area contributed by atoms with Crippen LogP contribution in [0.25, 0.3) is 5.69 Å². The number of urea groups is 1. The van der Waals surface area contributed by atoms with E-state index in [1.807, 2.05) is 0 Å². The molecular weight excluding hydrogens is 557 g/mol. The molecule has 230 valence electrons. The van der Waals surface area contributed by atoms with Crippen molar-refractivity contribution >= 4 is 17.8 Å². The number of ether oxygens (including phenoxy) is 1. The van der Waals surface area contributed by atoms with Crippen LogP contribution in [0, 0.1) is 0 Å². The number of alkyl halides is 3. The predicted octanol–water partition coefficient (Wildman–Crippen LogP) is 1.90. The lowest BCUT2D eigenvalue weighted by Crippen LogP contribution is -2.58. The number of carbonyl (C=O) groups excluding carboxylic acids is 2. The molecular formula is C27H37F3N8O4. The summed E-state index contributed by atoms with van der Waals surface area (Å²) in [7, 11) is 0. The monoisotopic (exact) mass is 594 g/mol. The molecule has 2 fully saturated rings. The topological polar surface area (TPSA) is 161 Å². The van der Waals surface area contributed by atoms with Gasteiger partial charge in [0.2, 0.25) is 5.91 Å². The molecule has 0 unspecified atom stereocenters. The van der Waals surface area contributed by atoms with E-state index in [0.717, 1.165) is 36.3 Å². The molecule has 2 heterocycles. The third-order valence-corrected chi connectivity index (χ3v) is 7.35. The fourth-order valence-corrected chi connectivity index (χ4v) is 5.01. The minimum absolute atomic E-state index is 0.0253. The van der Waals surface area contributed by atoms with Crippen molar-refractivity contribution in [3.63, 3.8) is 0 Å². The fraction of sp³-hybridized carbons (Fsp3) is 0.556. The average molecular weight is 595 g/mol. The Hall–Kier alpha value is -3.69. The molecule has 1 aromatic carbocycles. The summed E-state index contributed by atoms with van der Waals surface area (Å²) in [5, 5.41) is 5.82. The number of aromatic nitrogens is 2. The number of hydrogen-bond acceptors (Lipinski definition) is 8. The molecule has 0 radical (unpaired) electrons. The smallest absolute Gasteiger partial charge is 0.405 e. The molecule has 0 atom stereocenters. The van der Waals surface area contributed by atoms with Gasteiger partial charge in [-0.1, -0.05) is 6.07 Å². The number of nitrogens with zero attached hydrogens (tertiary/aromatic N) is 4. The fourth-order valence-electron chi connectivity index (χ4n) is 5.01. The molecule has 1 aliphatic heterocycles. The van der Waals surface area contributed by atoms with Crippen LogP contribution in [0.1, 0.15) is 45.1 Å². The normalized spacial score (nSPS) is 19.9. The molecule has 2 aliphatic rings. The first-order valence-electron chi connectivity index (χ1n) is 13.8. The standard InChI is InChI=1S/C27H37F3N8O4/c1-26(2,32)23(39)36-11-13-37(14-12-36)24(40)34-22-9-10-38(25(41)35-22)20-8-3-17(21(15-20)42-27(28,29)30)16-33-19-6-4-18(31)5-7-19/h3,8-10,15,18-19,33H,4-7,11-14,16,31-32H2,1-2H3,(H,34,35,40,41)/t18-,19-. The molecule has 1 aliphatic carbocycles. The van der Waals surface area contributed by atoms with E-state index in [0.29, 0.717) is 13.1 Å². The Morgan fingerprint density at radius 1 is 1.05 bits per heavy atom. The van der Waals surface area contributed by atoms with Gasteiger partial charge in [0.1, 0.15) is 11.6 Å².